The van der Waals surface area contributed by atoms with Gasteiger partial charge in [0, 0.05) is 12.5 Å². The molecular weight excluding hydrogens is 118 g/mol. The zero-order chi connectivity index (χ0) is 7.28. The number of hydrogen-bond acceptors (Lipinski definition) is 3. The van der Waals surface area contributed by atoms with Crippen LogP contribution in [-0.2, 0) is 9.63 Å². The molecule has 0 saturated heterocycles. The van der Waals surface area contributed by atoms with Crippen molar-refractivity contribution in [3.63, 3.8) is 0 Å². The second kappa shape index (κ2) is 4.32. The molecule has 9 heavy (non-hydrogen) atoms. The third-order valence-corrected chi connectivity index (χ3v) is 0.663. The summed E-state index contributed by atoms with van der Waals surface area (Å²) in [4.78, 5) is 14.9. The lowest BCUT2D eigenvalue weighted by atomic mass is 10.4. The zero-order valence-electron chi connectivity index (χ0n) is 5.81. The van der Waals surface area contributed by atoms with Gasteiger partial charge in [-0.25, -0.2) is 0 Å². The minimum Gasteiger partial charge on any atom is -0.370 e. The summed E-state index contributed by atoms with van der Waals surface area (Å²) >= 11 is 0. The van der Waals surface area contributed by atoms with Crippen molar-refractivity contribution < 1.29 is 9.63 Å². The minimum absolute atomic E-state index is 0.0551. The third-order valence-electron chi connectivity index (χ3n) is 0.663. The smallest absolute Gasteiger partial charge is 0.324 e. The number of hydroxylamine groups is 1. The maximum absolute atomic E-state index is 10.4. The van der Waals surface area contributed by atoms with Crippen LogP contribution in [0.2, 0.25) is 0 Å². The van der Waals surface area contributed by atoms with Crippen molar-refractivity contribution in [2.24, 2.45) is 0 Å². The highest BCUT2D eigenvalue weighted by Crippen LogP contribution is 1.81. The molecule has 53 valence electrons. The van der Waals surface area contributed by atoms with Gasteiger partial charge in [-0.1, -0.05) is 6.92 Å². The van der Waals surface area contributed by atoms with Crippen molar-refractivity contribution in [1.82, 2.24) is 5.48 Å². The Kier molecular flexibility index (Phi) is 4.05. The molecule has 0 spiro atoms. The van der Waals surface area contributed by atoms with Crippen LogP contribution in [0.15, 0.2) is 0 Å². The molecule has 1 N–H and O–H groups in total. The molecule has 0 heterocycles. The largest absolute Gasteiger partial charge is 0.370 e. The van der Waals surface area contributed by atoms with Crippen LogP contribution in [0.1, 0.15) is 20.3 Å². The third kappa shape index (κ3) is 5.30. The number of hydrogen-bond donors (Lipinski definition) is 1. The van der Waals surface area contributed by atoms with Gasteiger partial charge in [0.1, 0.15) is 0 Å². The van der Waals surface area contributed by atoms with Gasteiger partial charge in [-0.05, 0) is 13.8 Å². The van der Waals surface area contributed by atoms with Gasteiger partial charge in [0.05, 0.1) is 0 Å². The van der Waals surface area contributed by atoms with Gasteiger partial charge in [0.15, 0.2) is 0 Å². The first-order valence-electron chi connectivity index (χ1n) is 2.95. The zero-order valence-corrected chi connectivity index (χ0v) is 5.81. The van der Waals surface area contributed by atoms with E-state index in [1.807, 2.05) is 0 Å². The van der Waals surface area contributed by atoms with Gasteiger partial charge in [0.2, 0.25) is 0 Å². The molecule has 0 amide bonds. The molecule has 0 aliphatic carbocycles. The summed E-state index contributed by atoms with van der Waals surface area (Å²) in [6.07, 6.45) is 0.389. The molecule has 1 atom stereocenters. The fraction of sp³-hybridized carbons (Fsp3) is 0.667. The van der Waals surface area contributed by atoms with Crippen molar-refractivity contribution in [3.8, 4) is 0 Å². The van der Waals surface area contributed by atoms with E-state index in [2.05, 4.69) is 17.2 Å². The van der Waals surface area contributed by atoms with Crippen LogP contribution >= 0.6 is 0 Å². The van der Waals surface area contributed by atoms with E-state index < -0.39 is 0 Å². The standard InChI is InChI=1S/C6H12NO2/c1-4-6(8)9-7-5(2)3/h5,7H,2,4H2,1,3H3. The van der Waals surface area contributed by atoms with E-state index in [1.54, 1.807) is 13.8 Å². The van der Waals surface area contributed by atoms with Crippen LogP contribution < -0.4 is 5.48 Å². The second-order valence-electron chi connectivity index (χ2n) is 1.85. The first-order chi connectivity index (χ1) is 4.16. The van der Waals surface area contributed by atoms with E-state index in [-0.39, 0.29) is 12.0 Å². The van der Waals surface area contributed by atoms with E-state index in [4.69, 9.17) is 0 Å². The lowest BCUT2D eigenvalue weighted by molar-refractivity contribution is -0.151. The fourth-order valence-electron chi connectivity index (χ4n) is 0.238. The Morgan fingerprint density at radius 2 is 2.44 bits per heavy atom. The lowest BCUT2D eigenvalue weighted by Gasteiger charge is -2.05. The van der Waals surface area contributed by atoms with E-state index >= 15 is 0 Å². The van der Waals surface area contributed by atoms with E-state index in [0.29, 0.717) is 6.42 Å². The molecule has 0 saturated carbocycles. The highest BCUT2D eigenvalue weighted by atomic mass is 16.7. The highest BCUT2D eigenvalue weighted by Gasteiger charge is 1.97. The maximum Gasteiger partial charge on any atom is 0.324 e. The quantitative estimate of drug-likeness (QED) is 0.570. The number of rotatable bonds is 3. The molecule has 0 fully saturated rings. The van der Waals surface area contributed by atoms with Crippen LogP contribution in [0.3, 0.4) is 0 Å². The van der Waals surface area contributed by atoms with Crippen LogP contribution in [0.4, 0.5) is 0 Å². The highest BCUT2D eigenvalue weighted by molar-refractivity contribution is 5.68. The molecule has 0 aliphatic rings. The van der Waals surface area contributed by atoms with Gasteiger partial charge in [0.25, 0.3) is 0 Å². The monoisotopic (exact) mass is 130 g/mol. The number of carbonyl (C=O) groups excluding carboxylic acids is 1. The first kappa shape index (κ1) is 8.43. The molecule has 0 aromatic carbocycles. The predicted octanol–water partition coefficient (Wildman–Crippen LogP) is 0.667. The topological polar surface area (TPSA) is 38.3 Å². The maximum atomic E-state index is 10.4. The normalized spacial score (nSPS) is 9.78. The number of carbonyl (C=O) groups is 1. The van der Waals surface area contributed by atoms with Crippen molar-refractivity contribution in [3.05, 3.63) is 6.92 Å². The van der Waals surface area contributed by atoms with Gasteiger partial charge >= 0.3 is 5.97 Å². The molecule has 0 aromatic heterocycles. The SMILES string of the molecule is [CH2]C(C)NOC(=O)CC. The molecule has 3 nitrogen and oxygen atoms in total. The van der Waals surface area contributed by atoms with E-state index in [0.717, 1.165) is 0 Å². The minimum atomic E-state index is -0.259. The molecule has 0 bridgehead atoms. The summed E-state index contributed by atoms with van der Waals surface area (Å²) < 4.78 is 0. The van der Waals surface area contributed by atoms with Crippen molar-refractivity contribution in [2.75, 3.05) is 0 Å². The Morgan fingerprint density at radius 3 is 2.78 bits per heavy atom. The predicted molar refractivity (Wildman–Crippen MR) is 34.3 cm³/mol. The van der Waals surface area contributed by atoms with Crippen molar-refractivity contribution >= 4 is 5.97 Å². The summed E-state index contributed by atoms with van der Waals surface area (Å²) in [7, 11) is 0. The fourth-order valence-corrected chi connectivity index (χ4v) is 0.238. The Labute approximate surface area is 55.3 Å². The lowest BCUT2D eigenvalue weighted by Crippen LogP contribution is -2.26. The van der Waals surface area contributed by atoms with Crippen LogP contribution in [0, 0.1) is 6.92 Å². The average molecular weight is 130 g/mol. The van der Waals surface area contributed by atoms with Crippen molar-refractivity contribution in [2.45, 2.75) is 26.3 Å². The average Bonchev–Trinajstić information content (AvgIpc) is 1.83. The Hall–Kier alpha value is -0.570. The van der Waals surface area contributed by atoms with Gasteiger partial charge in [-0.3, -0.25) is 4.79 Å². The second-order valence-corrected chi connectivity index (χ2v) is 1.85. The molecule has 1 radical (unpaired) electrons. The Morgan fingerprint density at radius 1 is 1.89 bits per heavy atom. The molecular formula is C6H12NO2. The number of nitrogens with one attached hydrogen (secondary N) is 1. The summed E-state index contributed by atoms with van der Waals surface area (Å²) in [5.41, 5.74) is 2.44. The molecule has 3 heteroatoms. The molecule has 0 rings (SSSR count). The van der Waals surface area contributed by atoms with Gasteiger partial charge in [-0.2, -0.15) is 5.48 Å². The van der Waals surface area contributed by atoms with Gasteiger partial charge in [-0.15, -0.1) is 0 Å². The van der Waals surface area contributed by atoms with Crippen LogP contribution in [0.25, 0.3) is 0 Å². The Bertz CT molecular complexity index is 91.1. The van der Waals surface area contributed by atoms with Crippen LogP contribution in [-0.4, -0.2) is 12.0 Å². The molecule has 0 aromatic rings. The summed E-state index contributed by atoms with van der Waals surface area (Å²) in [6, 6.07) is -0.0551. The molecule has 1 unspecified atom stereocenters. The van der Waals surface area contributed by atoms with E-state index in [9.17, 15) is 4.79 Å². The van der Waals surface area contributed by atoms with Crippen LogP contribution in [0.5, 0.6) is 0 Å². The summed E-state index contributed by atoms with van der Waals surface area (Å²) in [6.45, 7) is 7.08. The first-order valence-corrected chi connectivity index (χ1v) is 2.95. The van der Waals surface area contributed by atoms with Crippen molar-refractivity contribution in [1.29, 1.82) is 0 Å². The Balaban J connectivity index is 3.17. The van der Waals surface area contributed by atoms with E-state index in [1.165, 1.54) is 0 Å². The molecule has 0 aliphatic heterocycles. The summed E-state index contributed by atoms with van der Waals surface area (Å²) in [5, 5.41) is 0. The van der Waals surface area contributed by atoms with Gasteiger partial charge < -0.3 is 4.84 Å². The summed E-state index contributed by atoms with van der Waals surface area (Å²) in [5.74, 6) is -0.259.